The molecule has 5 rings (SSSR count). The molecular formula is C30H48O3. The van der Waals surface area contributed by atoms with Crippen molar-refractivity contribution in [3.05, 3.63) is 11.6 Å². The number of carboxylic acid groups (broad SMARTS) is 1. The number of hydrogen-bond donors (Lipinski definition) is 2. The third-order valence-electron chi connectivity index (χ3n) is 13.0. The van der Waals surface area contributed by atoms with Gasteiger partial charge < -0.3 is 10.2 Å². The quantitative estimate of drug-likeness (QED) is 0.409. The van der Waals surface area contributed by atoms with Crippen LogP contribution in [-0.4, -0.2) is 22.3 Å². The van der Waals surface area contributed by atoms with Crippen molar-refractivity contribution in [2.75, 3.05) is 0 Å². The smallest absolute Gasteiger partial charge is 0.310 e. The Morgan fingerprint density at radius 3 is 2.21 bits per heavy atom. The summed E-state index contributed by atoms with van der Waals surface area (Å²) in [6.07, 6.45) is 12.6. The van der Waals surface area contributed by atoms with E-state index in [-0.39, 0.29) is 39.1 Å². The van der Waals surface area contributed by atoms with Crippen LogP contribution in [0.15, 0.2) is 11.6 Å². The fourth-order valence-corrected chi connectivity index (χ4v) is 10.6. The van der Waals surface area contributed by atoms with Gasteiger partial charge in [0, 0.05) is 0 Å². The van der Waals surface area contributed by atoms with Crippen molar-refractivity contribution in [3.63, 3.8) is 0 Å². The van der Waals surface area contributed by atoms with E-state index in [9.17, 15) is 15.0 Å². The molecule has 0 heterocycles. The van der Waals surface area contributed by atoms with Crippen molar-refractivity contribution in [3.8, 4) is 0 Å². The number of aliphatic carboxylic acids is 1. The van der Waals surface area contributed by atoms with Gasteiger partial charge in [-0.05, 0) is 109 Å². The molecule has 33 heavy (non-hydrogen) atoms. The number of aliphatic hydroxyl groups excluding tert-OH is 1. The van der Waals surface area contributed by atoms with Crippen LogP contribution in [0.4, 0.5) is 0 Å². The summed E-state index contributed by atoms with van der Waals surface area (Å²) in [4.78, 5) is 12.8. The zero-order valence-electron chi connectivity index (χ0n) is 22.3. The van der Waals surface area contributed by atoms with Gasteiger partial charge >= 0.3 is 5.97 Å². The molecule has 0 aromatic heterocycles. The SMILES string of the molecule is CC1(C)CC[C@]2(C(=O)O)CC[C@]3(C)C(=CC[C@@H]4[C@]5(C)CC[C@H](O)C(C)(C)[C@@H]5CC[C@]43C)[C@H]2C1. The Morgan fingerprint density at radius 1 is 0.879 bits per heavy atom. The zero-order valence-corrected chi connectivity index (χ0v) is 22.3. The molecule has 3 nitrogen and oxygen atoms in total. The second-order valence-corrected chi connectivity index (χ2v) is 15.1. The molecule has 0 radical (unpaired) electrons. The lowest BCUT2D eigenvalue weighted by Gasteiger charge is -2.71. The molecule has 5 aliphatic rings. The minimum Gasteiger partial charge on any atom is -0.481 e. The second kappa shape index (κ2) is 6.89. The Morgan fingerprint density at radius 2 is 1.55 bits per heavy atom. The van der Waals surface area contributed by atoms with E-state index in [0.29, 0.717) is 11.8 Å². The van der Waals surface area contributed by atoms with Crippen LogP contribution < -0.4 is 0 Å². The lowest BCUT2D eigenvalue weighted by atomic mass is 9.33. The monoisotopic (exact) mass is 456 g/mol. The van der Waals surface area contributed by atoms with Gasteiger partial charge in [-0.2, -0.15) is 0 Å². The van der Waals surface area contributed by atoms with Crippen LogP contribution in [0.25, 0.3) is 0 Å². The summed E-state index contributed by atoms with van der Waals surface area (Å²) in [5.41, 5.74) is 1.68. The number of aliphatic hydroxyl groups is 1. The highest BCUT2D eigenvalue weighted by Gasteiger charge is 2.69. The van der Waals surface area contributed by atoms with Gasteiger partial charge in [-0.25, -0.2) is 0 Å². The van der Waals surface area contributed by atoms with Gasteiger partial charge in [0.15, 0.2) is 0 Å². The van der Waals surface area contributed by atoms with Crippen LogP contribution in [0.3, 0.4) is 0 Å². The largest absolute Gasteiger partial charge is 0.481 e. The first-order chi connectivity index (χ1) is 15.1. The molecule has 3 heteroatoms. The molecule has 0 amide bonds. The number of rotatable bonds is 1. The molecule has 4 fully saturated rings. The Balaban J connectivity index is 1.60. The van der Waals surface area contributed by atoms with Crippen molar-refractivity contribution >= 4 is 5.97 Å². The van der Waals surface area contributed by atoms with Crippen LogP contribution in [0.1, 0.15) is 113 Å². The summed E-state index contributed by atoms with van der Waals surface area (Å²) in [6.45, 7) is 16.9. The molecular weight excluding hydrogens is 408 g/mol. The van der Waals surface area contributed by atoms with Gasteiger partial charge in [-0.15, -0.1) is 0 Å². The summed E-state index contributed by atoms with van der Waals surface area (Å²) < 4.78 is 0. The van der Waals surface area contributed by atoms with E-state index in [1.165, 1.54) is 18.4 Å². The Kier molecular flexibility index (Phi) is 4.99. The zero-order chi connectivity index (χ0) is 24.2. The summed E-state index contributed by atoms with van der Waals surface area (Å²) in [7, 11) is 0. The average molecular weight is 457 g/mol. The predicted octanol–water partition coefficient (Wildman–Crippen LogP) is 7.23. The Hall–Kier alpha value is -0.830. The van der Waals surface area contributed by atoms with Crippen molar-refractivity contribution < 1.29 is 15.0 Å². The van der Waals surface area contributed by atoms with Crippen LogP contribution >= 0.6 is 0 Å². The number of allylic oxidation sites excluding steroid dienone is 2. The Labute approximate surface area is 201 Å². The molecule has 0 aromatic rings. The molecule has 2 N–H and O–H groups in total. The summed E-state index contributed by atoms with van der Waals surface area (Å²) in [6, 6.07) is 0. The first kappa shape index (κ1) is 23.9. The van der Waals surface area contributed by atoms with Gasteiger partial charge in [0.2, 0.25) is 0 Å². The fraction of sp³-hybridized carbons (Fsp3) is 0.900. The maximum Gasteiger partial charge on any atom is 0.310 e. The first-order valence-corrected chi connectivity index (χ1v) is 13.8. The summed E-state index contributed by atoms with van der Waals surface area (Å²) in [5, 5.41) is 21.4. The lowest BCUT2D eigenvalue weighted by molar-refractivity contribution is -0.205. The molecule has 5 aliphatic carbocycles. The summed E-state index contributed by atoms with van der Waals surface area (Å²) >= 11 is 0. The molecule has 4 saturated carbocycles. The minimum atomic E-state index is -0.553. The highest BCUT2D eigenvalue weighted by molar-refractivity contribution is 5.76. The van der Waals surface area contributed by atoms with E-state index in [2.05, 4.69) is 54.5 Å². The normalized spacial score (nSPS) is 52.4. The number of fused-ring (bicyclic) bond motifs is 7. The molecule has 8 atom stereocenters. The predicted molar refractivity (Wildman–Crippen MR) is 133 cm³/mol. The number of carboxylic acids is 1. The third-order valence-corrected chi connectivity index (χ3v) is 13.0. The van der Waals surface area contributed by atoms with Gasteiger partial charge in [-0.3, -0.25) is 4.79 Å². The average Bonchev–Trinajstić information content (AvgIpc) is 2.71. The van der Waals surface area contributed by atoms with Crippen LogP contribution in [-0.2, 0) is 4.79 Å². The lowest BCUT2D eigenvalue weighted by Crippen LogP contribution is -2.65. The summed E-state index contributed by atoms with van der Waals surface area (Å²) in [5.74, 6) is 0.807. The van der Waals surface area contributed by atoms with E-state index >= 15 is 0 Å². The van der Waals surface area contributed by atoms with E-state index in [1.807, 2.05) is 0 Å². The number of hydrogen-bond acceptors (Lipinski definition) is 2. The maximum atomic E-state index is 12.8. The molecule has 0 aromatic carbocycles. The number of carbonyl (C=O) groups is 1. The van der Waals surface area contributed by atoms with E-state index in [1.54, 1.807) is 0 Å². The van der Waals surface area contributed by atoms with Crippen molar-refractivity contribution in [1.29, 1.82) is 0 Å². The molecule has 186 valence electrons. The van der Waals surface area contributed by atoms with Crippen molar-refractivity contribution in [1.82, 2.24) is 0 Å². The molecule has 0 spiro atoms. The highest BCUT2D eigenvalue weighted by atomic mass is 16.4. The van der Waals surface area contributed by atoms with Gasteiger partial charge in [-0.1, -0.05) is 60.1 Å². The van der Waals surface area contributed by atoms with Crippen LogP contribution in [0.5, 0.6) is 0 Å². The maximum absolute atomic E-state index is 12.8. The highest BCUT2D eigenvalue weighted by Crippen LogP contribution is 2.75. The van der Waals surface area contributed by atoms with Gasteiger partial charge in [0.25, 0.3) is 0 Å². The van der Waals surface area contributed by atoms with Crippen molar-refractivity contribution in [2.45, 2.75) is 119 Å². The molecule has 0 saturated heterocycles. The standard InChI is InChI=1S/C30H48O3/c1-25(2)14-16-30(24(32)33)17-15-28(6)19(20(30)18-25)8-9-22-27(5)12-11-23(31)26(3,4)21(27)10-13-29(22,28)7/h8,20-23,31H,9-18H2,1-7H3,(H,32,33)/t20-,21+,22-,23+,27-,28-,29-,30+/m1/s1. The van der Waals surface area contributed by atoms with Crippen molar-refractivity contribution in [2.24, 2.45) is 50.2 Å². The minimum absolute atomic E-state index is 0.0301. The topological polar surface area (TPSA) is 57.5 Å². The van der Waals surface area contributed by atoms with E-state index in [0.717, 1.165) is 51.4 Å². The first-order valence-electron chi connectivity index (χ1n) is 13.8. The molecule has 0 aliphatic heterocycles. The van der Waals surface area contributed by atoms with E-state index in [4.69, 9.17) is 0 Å². The Bertz CT molecular complexity index is 885. The van der Waals surface area contributed by atoms with Gasteiger partial charge in [0.1, 0.15) is 0 Å². The van der Waals surface area contributed by atoms with E-state index < -0.39 is 11.4 Å². The van der Waals surface area contributed by atoms with Gasteiger partial charge in [0.05, 0.1) is 11.5 Å². The third kappa shape index (κ3) is 2.87. The van der Waals surface area contributed by atoms with Crippen LogP contribution in [0.2, 0.25) is 0 Å². The van der Waals surface area contributed by atoms with Crippen LogP contribution in [0, 0.1) is 50.2 Å². The molecule has 0 unspecified atom stereocenters. The fourth-order valence-electron chi connectivity index (χ4n) is 10.6. The second-order valence-electron chi connectivity index (χ2n) is 15.1. The molecule has 0 bridgehead atoms.